The van der Waals surface area contributed by atoms with Crippen molar-refractivity contribution in [2.24, 2.45) is 0 Å². The minimum atomic E-state index is -0.869. The quantitative estimate of drug-likeness (QED) is 0.380. The molecule has 5 rings (SSSR count). The fraction of sp³-hybridized carbons (Fsp3) is 0.469. The van der Waals surface area contributed by atoms with E-state index in [1.54, 1.807) is 10.9 Å². The molecule has 3 aromatic rings. The van der Waals surface area contributed by atoms with Gasteiger partial charge < -0.3 is 25.4 Å². The number of ether oxygens (including phenoxy) is 2. The molecular weight excluding hydrogens is 562 g/mol. The van der Waals surface area contributed by atoms with E-state index >= 15 is 0 Å². The van der Waals surface area contributed by atoms with Crippen molar-refractivity contribution in [3.8, 4) is 0 Å². The first-order chi connectivity index (χ1) is 21.5. The Balaban J connectivity index is 1.27. The molecule has 3 N–H and O–H groups in total. The van der Waals surface area contributed by atoms with Crippen LogP contribution in [0.15, 0.2) is 66.9 Å². The molecule has 12 nitrogen and oxygen atoms in total. The summed E-state index contributed by atoms with van der Waals surface area (Å²) in [4.78, 5) is 42.1. The Labute approximate surface area is 257 Å². The summed E-state index contributed by atoms with van der Waals surface area (Å²) >= 11 is 0. The molecule has 2 aromatic carbocycles. The number of benzene rings is 2. The Hall–Kier alpha value is -4.13. The molecular formula is C32H41N7O5. The van der Waals surface area contributed by atoms with E-state index in [9.17, 15) is 14.4 Å². The first-order valence-corrected chi connectivity index (χ1v) is 15.2. The van der Waals surface area contributed by atoms with Crippen molar-refractivity contribution in [3.05, 3.63) is 83.7 Å². The van der Waals surface area contributed by atoms with E-state index < -0.39 is 11.6 Å². The number of nitrogens with zero attached hydrogens (tertiary/aromatic N) is 4. The summed E-state index contributed by atoms with van der Waals surface area (Å²) in [5, 5.41) is 17.4. The van der Waals surface area contributed by atoms with Crippen molar-refractivity contribution in [2.75, 3.05) is 46.1 Å². The number of carbonyl (C=O) groups excluding carboxylic acids is 3. The van der Waals surface area contributed by atoms with Crippen molar-refractivity contribution < 1.29 is 23.9 Å². The average Bonchev–Trinajstić information content (AvgIpc) is 3.46. The summed E-state index contributed by atoms with van der Waals surface area (Å²) < 4.78 is 12.7. The molecule has 12 heteroatoms. The van der Waals surface area contributed by atoms with E-state index in [1.807, 2.05) is 48.5 Å². The van der Waals surface area contributed by atoms with E-state index in [1.165, 1.54) is 5.56 Å². The predicted molar refractivity (Wildman–Crippen MR) is 162 cm³/mol. The monoisotopic (exact) mass is 603 g/mol. The Bertz CT molecular complexity index is 1360. The van der Waals surface area contributed by atoms with Gasteiger partial charge in [-0.2, -0.15) is 0 Å². The highest BCUT2D eigenvalue weighted by Gasteiger charge is 2.39. The van der Waals surface area contributed by atoms with Gasteiger partial charge in [-0.05, 0) is 24.0 Å². The van der Waals surface area contributed by atoms with Gasteiger partial charge in [-0.3, -0.25) is 19.3 Å². The van der Waals surface area contributed by atoms with Gasteiger partial charge in [-0.25, -0.2) is 4.68 Å². The highest BCUT2D eigenvalue weighted by atomic mass is 16.5. The van der Waals surface area contributed by atoms with Crippen LogP contribution in [0.2, 0.25) is 0 Å². The summed E-state index contributed by atoms with van der Waals surface area (Å²) in [7, 11) is 0. The minimum Gasteiger partial charge on any atom is -0.377 e. The van der Waals surface area contributed by atoms with Crippen molar-refractivity contribution in [2.45, 2.75) is 50.4 Å². The zero-order chi connectivity index (χ0) is 30.6. The van der Waals surface area contributed by atoms with Crippen LogP contribution in [0.1, 0.15) is 36.1 Å². The molecule has 1 atom stereocenters. The van der Waals surface area contributed by atoms with E-state index in [4.69, 9.17) is 9.47 Å². The molecule has 0 aliphatic carbocycles. The van der Waals surface area contributed by atoms with Crippen molar-refractivity contribution in [1.29, 1.82) is 0 Å². The number of piperidine rings is 1. The third kappa shape index (κ3) is 9.43. The Morgan fingerprint density at radius 3 is 2.25 bits per heavy atom. The van der Waals surface area contributed by atoms with Crippen LogP contribution in [-0.4, -0.2) is 95.3 Å². The lowest BCUT2D eigenvalue weighted by atomic mass is 9.83. The smallest absolute Gasteiger partial charge is 0.246 e. The number of nitrogens with one attached hydrogen (secondary N) is 3. The molecule has 2 aliphatic rings. The van der Waals surface area contributed by atoms with Gasteiger partial charge in [0.2, 0.25) is 17.7 Å². The van der Waals surface area contributed by atoms with Crippen LogP contribution >= 0.6 is 0 Å². The Morgan fingerprint density at radius 1 is 0.841 bits per heavy atom. The summed E-state index contributed by atoms with van der Waals surface area (Å²) in [6, 6.07) is 19.3. The van der Waals surface area contributed by atoms with Crippen LogP contribution in [0, 0.1) is 0 Å². The van der Waals surface area contributed by atoms with Crippen LogP contribution in [0.4, 0.5) is 0 Å². The van der Waals surface area contributed by atoms with Gasteiger partial charge >= 0.3 is 0 Å². The standard InChI is InChI=1S/C32H41N7O5/c40-29-20-32(11-14-38(15-12-32)21-25-7-3-1-4-8-25)35-30(41)24-44-18-17-43-16-13-33-31(42)28(34-29)19-27-23-39(37-36-27)22-26-9-5-2-6-10-26/h1-10,23,28H,11-22,24H2,(H,33,42)(H,34,40)(H,35,41). The maximum absolute atomic E-state index is 13.6. The van der Waals surface area contributed by atoms with Gasteiger partial charge in [0.05, 0.1) is 37.6 Å². The van der Waals surface area contributed by atoms with Crippen LogP contribution in [0.25, 0.3) is 0 Å². The normalized spacial score (nSPS) is 20.9. The number of hydrogen-bond donors (Lipinski definition) is 3. The largest absolute Gasteiger partial charge is 0.377 e. The minimum absolute atomic E-state index is 0.0471. The molecule has 1 aromatic heterocycles. The molecule has 2 saturated heterocycles. The molecule has 0 bridgehead atoms. The molecule has 1 unspecified atom stereocenters. The second-order valence-electron chi connectivity index (χ2n) is 11.4. The molecule has 0 radical (unpaired) electrons. The van der Waals surface area contributed by atoms with Crippen LogP contribution < -0.4 is 16.0 Å². The molecule has 234 valence electrons. The second kappa shape index (κ2) is 15.6. The summed E-state index contributed by atoms with van der Waals surface area (Å²) in [6.45, 7) is 3.75. The maximum atomic E-state index is 13.6. The summed E-state index contributed by atoms with van der Waals surface area (Å²) in [6.07, 6.45) is 3.19. The van der Waals surface area contributed by atoms with Gasteiger partial charge in [0.25, 0.3) is 0 Å². The number of likely N-dealkylation sites (tertiary alicyclic amines) is 1. The van der Waals surface area contributed by atoms with Crippen molar-refractivity contribution in [1.82, 2.24) is 35.8 Å². The van der Waals surface area contributed by atoms with E-state index in [0.29, 0.717) is 44.8 Å². The van der Waals surface area contributed by atoms with E-state index in [2.05, 4.69) is 43.3 Å². The number of rotatable bonds is 6. The highest BCUT2D eigenvalue weighted by molar-refractivity contribution is 5.88. The first kappa shape index (κ1) is 31.3. The number of aromatic nitrogens is 3. The summed E-state index contributed by atoms with van der Waals surface area (Å²) in [5.74, 6) is -0.924. The van der Waals surface area contributed by atoms with Crippen molar-refractivity contribution in [3.63, 3.8) is 0 Å². The molecule has 0 saturated carbocycles. The lowest BCUT2D eigenvalue weighted by molar-refractivity contribution is -0.133. The third-order valence-electron chi connectivity index (χ3n) is 7.95. The number of hydrogen-bond acceptors (Lipinski definition) is 8. The fourth-order valence-corrected chi connectivity index (χ4v) is 5.66. The van der Waals surface area contributed by atoms with Crippen LogP contribution in [-0.2, 0) is 43.4 Å². The zero-order valence-electron chi connectivity index (χ0n) is 25.0. The Morgan fingerprint density at radius 2 is 1.52 bits per heavy atom. The third-order valence-corrected chi connectivity index (χ3v) is 7.95. The highest BCUT2D eigenvalue weighted by Crippen LogP contribution is 2.27. The molecule has 2 fully saturated rings. The molecule has 1 spiro atoms. The van der Waals surface area contributed by atoms with Gasteiger partial charge in [0.15, 0.2) is 0 Å². The molecule has 44 heavy (non-hydrogen) atoms. The lowest BCUT2D eigenvalue weighted by Crippen LogP contribution is -2.59. The first-order valence-electron chi connectivity index (χ1n) is 15.2. The zero-order valence-corrected chi connectivity index (χ0v) is 25.0. The van der Waals surface area contributed by atoms with Gasteiger partial charge in [0.1, 0.15) is 12.6 Å². The van der Waals surface area contributed by atoms with Gasteiger partial charge in [-0.15, -0.1) is 5.10 Å². The Kier molecular flexibility index (Phi) is 11.1. The van der Waals surface area contributed by atoms with E-state index in [0.717, 1.165) is 12.1 Å². The van der Waals surface area contributed by atoms with Crippen LogP contribution in [0.5, 0.6) is 0 Å². The van der Waals surface area contributed by atoms with Gasteiger partial charge in [-0.1, -0.05) is 65.9 Å². The summed E-state index contributed by atoms with van der Waals surface area (Å²) in [5.41, 5.74) is 2.12. The van der Waals surface area contributed by atoms with Crippen molar-refractivity contribution >= 4 is 17.7 Å². The molecule has 2 aliphatic heterocycles. The molecule has 3 amide bonds. The topological polar surface area (TPSA) is 140 Å². The SMILES string of the molecule is O=C1CC2(CCN(Cc3ccccc3)CC2)NC(=O)COCCOCCNC(=O)C(Cc2cn(Cc3ccccc3)nn2)N1. The molecule has 3 heterocycles. The number of carbonyl (C=O) groups is 3. The lowest BCUT2D eigenvalue weighted by Gasteiger charge is -2.42. The van der Waals surface area contributed by atoms with Gasteiger partial charge in [0, 0.05) is 45.2 Å². The maximum Gasteiger partial charge on any atom is 0.246 e. The van der Waals surface area contributed by atoms with E-state index in [-0.39, 0.29) is 56.9 Å². The number of amides is 3. The second-order valence-corrected chi connectivity index (χ2v) is 11.4. The fourth-order valence-electron chi connectivity index (χ4n) is 5.66. The van der Waals surface area contributed by atoms with Crippen LogP contribution in [0.3, 0.4) is 0 Å². The predicted octanol–water partition coefficient (Wildman–Crippen LogP) is 1.06. The average molecular weight is 604 g/mol.